The molecule has 1 aliphatic rings. The highest BCUT2D eigenvalue weighted by atomic mass is 16.6. The van der Waals surface area contributed by atoms with E-state index in [0.717, 1.165) is 19.3 Å². The molecule has 1 heterocycles. The van der Waals surface area contributed by atoms with Crippen LogP contribution >= 0.6 is 0 Å². The maximum atomic E-state index is 9.87. The van der Waals surface area contributed by atoms with Gasteiger partial charge in [-0.1, -0.05) is 58.1 Å². The highest BCUT2D eigenvalue weighted by Gasteiger charge is 2.41. The summed E-state index contributed by atoms with van der Waals surface area (Å²) in [4.78, 5) is 0. The predicted octanol–water partition coefficient (Wildman–Crippen LogP) is 3.83. The molecular weight excluding hydrogens is 212 g/mol. The summed E-state index contributed by atoms with van der Waals surface area (Å²) < 4.78 is 5.48. The largest absolute Gasteiger partial charge is 0.390 e. The number of unbranched alkanes of at least 4 members (excludes halogenated alkanes) is 5. The Bertz CT molecular complexity index is 213. The second kappa shape index (κ2) is 8.71. The van der Waals surface area contributed by atoms with Crippen LogP contribution in [-0.2, 0) is 4.74 Å². The minimum absolute atomic E-state index is 0.0780. The molecule has 1 fully saturated rings. The summed E-state index contributed by atoms with van der Waals surface area (Å²) >= 11 is 0. The number of hydrogen-bond donors (Lipinski definition) is 1. The third kappa shape index (κ3) is 6.23. The van der Waals surface area contributed by atoms with Gasteiger partial charge in [-0.3, -0.25) is 0 Å². The van der Waals surface area contributed by atoms with Crippen molar-refractivity contribution in [1.82, 2.24) is 0 Å². The van der Waals surface area contributed by atoms with Gasteiger partial charge in [-0.2, -0.15) is 0 Å². The molecule has 17 heavy (non-hydrogen) atoms. The monoisotopic (exact) mass is 240 g/mol. The number of rotatable bonds is 10. The van der Waals surface area contributed by atoms with Crippen LogP contribution in [0.4, 0.5) is 0 Å². The van der Waals surface area contributed by atoms with Crippen LogP contribution < -0.4 is 0 Å². The lowest BCUT2D eigenvalue weighted by atomic mass is 10.1. The zero-order valence-electron chi connectivity index (χ0n) is 11.4. The first-order chi connectivity index (χ1) is 8.29. The van der Waals surface area contributed by atoms with E-state index in [1.807, 2.05) is 0 Å². The molecule has 0 aromatic rings. The van der Waals surface area contributed by atoms with Gasteiger partial charge in [0.1, 0.15) is 12.2 Å². The Morgan fingerprint density at radius 1 is 1.12 bits per heavy atom. The molecule has 2 heteroatoms. The van der Waals surface area contributed by atoms with Gasteiger partial charge in [-0.15, -0.1) is 0 Å². The highest BCUT2D eigenvalue weighted by Crippen LogP contribution is 2.29. The standard InChI is InChI=1S/C15H28O2/c1-3-5-7-8-10-12-14-15(17-14)13(16)11-9-6-4-2/h10,12-16H,3-9,11H2,1-2H3/b12-10+/t13-,14-,15-/m1/s1. The summed E-state index contributed by atoms with van der Waals surface area (Å²) in [6.45, 7) is 4.40. The second-order valence-electron chi connectivity index (χ2n) is 5.05. The lowest BCUT2D eigenvalue weighted by molar-refractivity contribution is 0.123. The van der Waals surface area contributed by atoms with Crippen molar-refractivity contribution >= 4 is 0 Å². The smallest absolute Gasteiger partial charge is 0.114 e. The van der Waals surface area contributed by atoms with Crippen molar-refractivity contribution < 1.29 is 9.84 Å². The van der Waals surface area contributed by atoms with Crippen LogP contribution in [0.5, 0.6) is 0 Å². The number of ether oxygens (including phenoxy) is 1. The van der Waals surface area contributed by atoms with E-state index in [9.17, 15) is 5.11 Å². The molecule has 0 aromatic heterocycles. The molecule has 3 atom stereocenters. The number of allylic oxidation sites excluding steroid dienone is 1. The minimum atomic E-state index is -0.258. The van der Waals surface area contributed by atoms with Crippen LogP contribution in [0.25, 0.3) is 0 Å². The summed E-state index contributed by atoms with van der Waals surface area (Å²) in [5, 5.41) is 9.87. The van der Waals surface area contributed by atoms with E-state index < -0.39 is 0 Å². The molecule has 1 saturated heterocycles. The summed E-state index contributed by atoms with van der Waals surface area (Å²) in [6, 6.07) is 0. The van der Waals surface area contributed by atoms with Crippen molar-refractivity contribution in [2.75, 3.05) is 0 Å². The zero-order valence-corrected chi connectivity index (χ0v) is 11.4. The number of hydrogen-bond acceptors (Lipinski definition) is 2. The maximum Gasteiger partial charge on any atom is 0.114 e. The number of aliphatic hydroxyl groups is 1. The molecule has 0 aliphatic carbocycles. The lowest BCUT2D eigenvalue weighted by Gasteiger charge is -2.05. The quantitative estimate of drug-likeness (QED) is 0.357. The first-order valence-electron chi connectivity index (χ1n) is 7.29. The van der Waals surface area contributed by atoms with Gasteiger partial charge in [0.05, 0.1) is 6.10 Å². The van der Waals surface area contributed by atoms with Crippen LogP contribution in [0.3, 0.4) is 0 Å². The molecule has 1 aliphatic heterocycles. The average molecular weight is 240 g/mol. The van der Waals surface area contributed by atoms with E-state index >= 15 is 0 Å². The van der Waals surface area contributed by atoms with Gasteiger partial charge < -0.3 is 9.84 Å². The lowest BCUT2D eigenvalue weighted by Crippen LogP contribution is -2.16. The molecule has 0 bridgehead atoms. The van der Waals surface area contributed by atoms with Gasteiger partial charge in [0.25, 0.3) is 0 Å². The fourth-order valence-corrected chi connectivity index (χ4v) is 2.11. The molecule has 0 unspecified atom stereocenters. The van der Waals surface area contributed by atoms with Gasteiger partial charge in [0, 0.05) is 0 Å². The van der Waals surface area contributed by atoms with E-state index in [1.54, 1.807) is 0 Å². The number of epoxide rings is 1. The molecular formula is C15H28O2. The summed E-state index contributed by atoms with van der Waals surface area (Å²) in [5.74, 6) is 0. The SMILES string of the molecule is CCCCC/C=C/[C@H]1O[C@@H]1[C@H](O)CCCCC. The van der Waals surface area contributed by atoms with Gasteiger partial charge in [0.2, 0.25) is 0 Å². The zero-order chi connectivity index (χ0) is 12.5. The Balaban J connectivity index is 2.03. The topological polar surface area (TPSA) is 32.8 Å². The van der Waals surface area contributed by atoms with E-state index in [0.29, 0.717) is 0 Å². The first-order valence-corrected chi connectivity index (χ1v) is 7.29. The number of aliphatic hydroxyl groups excluding tert-OH is 1. The third-order valence-corrected chi connectivity index (χ3v) is 3.34. The van der Waals surface area contributed by atoms with E-state index in [-0.39, 0.29) is 18.3 Å². The Labute approximate surface area is 106 Å². The van der Waals surface area contributed by atoms with E-state index in [1.165, 1.54) is 32.1 Å². The molecule has 2 nitrogen and oxygen atoms in total. The van der Waals surface area contributed by atoms with Crippen LogP contribution in [-0.4, -0.2) is 23.4 Å². The average Bonchev–Trinajstić information content (AvgIpc) is 3.09. The Morgan fingerprint density at radius 3 is 2.53 bits per heavy atom. The van der Waals surface area contributed by atoms with Crippen molar-refractivity contribution in [1.29, 1.82) is 0 Å². The van der Waals surface area contributed by atoms with Crippen LogP contribution in [0.1, 0.15) is 65.2 Å². The van der Waals surface area contributed by atoms with Gasteiger partial charge >= 0.3 is 0 Å². The minimum Gasteiger partial charge on any atom is -0.390 e. The van der Waals surface area contributed by atoms with E-state index in [4.69, 9.17) is 4.74 Å². The van der Waals surface area contributed by atoms with Crippen molar-refractivity contribution in [2.24, 2.45) is 0 Å². The predicted molar refractivity (Wildman–Crippen MR) is 72.1 cm³/mol. The maximum absolute atomic E-state index is 9.87. The van der Waals surface area contributed by atoms with Gasteiger partial charge in [0.15, 0.2) is 0 Å². The van der Waals surface area contributed by atoms with E-state index in [2.05, 4.69) is 26.0 Å². The van der Waals surface area contributed by atoms with Crippen molar-refractivity contribution in [3.63, 3.8) is 0 Å². The van der Waals surface area contributed by atoms with Gasteiger partial charge in [-0.05, 0) is 19.3 Å². The molecule has 0 saturated carbocycles. The first kappa shape index (κ1) is 14.7. The highest BCUT2D eigenvalue weighted by molar-refractivity contribution is 5.05. The van der Waals surface area contributed by atoms with Crippen molar-refractivity contribution in [3.8, 4) is 0 Å². The molecule has 1 rings (SSSR count). The summed E-state index contributed by atoms with van der Waals surface area (Å²) in [5.41, 5.74) is 0. The molecule has 0 amide bonds. The normalized spacial score (nSPS) is 25.4. The molecule has 1 N–H and O–H groups in total. The van der Waals surface area contributed by atoms with Crippen molar-refractivity contribution in [3.05, 3.63) is 12.2 Å². The summed E-state index contributed by atoms with van der Waals surface area (Å²) in [7, 11) is 0. The Morgan fingerprint density at radius 2 is 1.82 bits per heavy atom. The molecule has 0 radical (unpaired) electrons. The van der Waals surface area contributed by atoms with Crippen LogP contribution in [0.15, 0.2) is 12.2 Å². The Hall–Kier alpha value is -0.340. The second-order valence-corrected chi connectivity index (χ2v) is 5.05. The summed E-state index contributed by atoms with van der Waals surface area (Å²) in [6.07, 6.45) is 13.8. The Kier molecular flexibility index (Phi) is 7.54. The van der Waals surface area contributed by atoms with Gasteiger partial charge in [-0.25, -0.2) is 0 Å². The van der Waals surface area contributed by atoms with Crippen LogP contribution in [0, 0.1) is 0 Å². The van der Waals surface area contributed by atoms with Crippen LogP contribution in [0.2, 0.25) is 0 Å². The fraction of sp³-hybridized carbons (Fsp3) is 0.867. The third-order valence-electron chi connectivity index (χ3n) is 3.34. The molecule has 0 spiro atoms. The molecule has 0 aromatic carbocycles. The van der Waals surface area contributed by atoms with Crippen molar-refractivity contribution in [2.45, 2.75) is 83.5 Å². The molecule has 100 valence electrons. The fourth-order valence-electron chi connectivity index (χ4n) is 2.11.